The second-order valence-corrected chi connectivity index (χ2v) is 5.06. The molecule has 6 nitrogen and oxygen atoms in total. The van der Waals surface area contributed by atoms with Crippen molar-refractivity contribution in [2.24, 2.45) is 0 Å². The molecule has 0 bridgehead atoms. The summed E-state index contributed by atoms with van der Waals surface area (Å²) in [5.74, 6) is 1.43. The second kappa shape index (κ2) is 5.84. The summed E-state index contributed by atoms with van der Waals surface area (Å²) < 4.78 is 1.88. The van der Waals surface area contributed by atoms with Crippen LogP contribution in [0.25, 0.3) is 17.0 Å². The summed E-state index contributed by atoms with van der Waals surface area (Å²) in [7, 11) is 0. The van der Waals surface area contributed by atoms with Crippen LogP contribution >= 0.6 is 0 Å². The van der Waals surface area contributed by atoms with Gasteiger partial charge in [-0.25, -0.2) is 15.0 Å². The SMILES string of the molecule is c1ccc(CNc2cncc(-n3cnc4ncccc43)n2)cc1. The molecular weight excluding hydrogens is 288 g/mol. The molecule has 0 radical (unpaired) electrons. The first-order chi connectivity index (χ1) is 11.4. The fraction of sp³-hybridized carbons (Fsp3) is 0.0588. The Kier molecular flexibility index (Phi) is 3.40. The van der Waals surface area contributed by atoms with Crippen molar-refractivity contribution in [3.8, 4) is 5.82 Å². The van der Waals surface area contributed by atoms with E-state index in [1.807, 2.05) is 34.9 Å². The molecule has 0 atom stereocenters. The van der Waals surface area contributed by atoms with Crippen molar-refractivity contribution in [1.82, 2.24) is 24.5 Å². The lowest BCUT2D eigenvalue weighted by atomic mass is 10.2. The average molecular weight is 302 g/mol. The highest BCUT2D eigenvalue weighted by Gasteiger charge is 2.07. The van der Waals surface area contributed by atoms with Gasteiger partial charge in [0.1, 0.15) is 12.1 Å². The van der Waals surface area contributed by atoms with Gasteiger partial charge in [-0.2, -0.15) is 0 Å². The van der Waals surface area contributed by atoms with Crippen LogP contribution in [0, 0.1) is 0 Å². The standard InChI is InChI=1S/C17H14N6/c1-2-5-13(6-3-1)9-20-15-10-18-11-16(22-15)23-12-21-17-14(23)7-4-8-19-17/h1-8,10-12H,9H2,(H,20,22). The molecule has 0 aliphatic carbocycles. The lowest BCUT2D eigenvalue weighted by Gasteiger charge is -2.08. The smallest absolute Gasteiger partial charge is 0.177 e. The number of fused-ring (bicyclic) bond motifs is 1. The monoisotopic (exact) mass is 302 g/mol. The van der Waals surface area contributed by atoms with Crippen LogP contribution < -0.4 is 5.32 Å². The minimum atomic E-state index is 0.692. The Morgan fingerprint density at radius 3 is 2.78 bits per heavy atom. The fourth-order valence-corrected chi connectivity index (χ4v) is 2.38. The molecule has 0 saturated carbocycles. The van der Waals surface area contributed by atoms with Gasteiger partial charge in [0.15, 0.2) is 11.5 Å². The zero-order chi connectivity index (χ0) is 15.5. The molecule has 0 spiro atoms. The van der Waals surface area contributed by atoms with E-state index in [1.54, 1.807) is 24.9 Å². The first-order valence-corrected chi connectivity index (χ1v) is 7.28. The second-order valence-electron chi connectivity index (χ2n) is 5.06. The van der Waals surface area contributed by atoms with E-state index in [9.17, 15) is 0 Å². The molecule has 0 aliphatic rings. The van der Waals surface area contributed by atoms with E-state index in [2.05, 4.69) is 37.4 Å². The lowest BCUT2D eigenvalue weighted by Crippen LogP contribution is -2.04. The molecule has 0 aliphatic heterocycles. The zero-order valence-electron chi connectivity index (χ0n) is 12.3. The van der Waals surface area contributed by atoms with Gasteiger partial charge in [-0.05, 0) is 17.7 Å². The zero-order valence-corrected chi connectivity index (χ0v) is 12.3. The molecule has 0 saturated heterocycles. The van der Waals surface area contributed by atoms with E-state index in [-0.39, 0.29) is 0 Å². The number of pyridine rings is 1. The summed E-state index contributed by atoms with van der Waals surface area (Å²) in [5.41, 5.74) is 2.79. The highest BCUT2D eigenvalue weighted by molar-refractivity contribution is 5.72. The van der Waals surface area contributed by atoms with Crippen LogP contribution in [-0.2, 0) is 6.54 Å². The van der Waals surface area contributed by atoms with Crippen molar-refractivity contribution in [1.29, 1.82) is 0 Å². The maximum absolute atomic E-state index is 4.60. The first kappa shape index (κ1) is 13.4. The van der Waals surface area contributed by atoms with Crippen molar-refractivity contribution in [3.05, 3.63) is 72.9 Å². The molecule has 6 heteroatoms. The van der Waals surface area contributed by atoms with Crippen LogP contribution in [0.3, 0.4) is 0 Å². The molecule has 0 unspecified atom stereocenters. The summed E-state index contributed by atoms with van der Waals surface area (Å²) >= 11 is 0. The summed E-state index contributed by atoms with van der Waals surface area (Å²) in [6.45, 7) is 0.700. The number of rotatable bonds is 4. The van der Waals surface area contributed by atoms with Crippen LogP contribution in [0.1, 0.15) is 5.56 Å². The van der Waals surface area contributed by atoms with E-state index < -0.39 is 0 Å². The van der Waals surface area contributed by atoms with Gasteiger partial charge in [-0.1, -0.05) is 30.3 Å². The van der Waals surface area contributed by atoms with E-state index in [0.717, 1.165) is 11.3 Å². The van der Waals surface area contributed by atoms with Gasteiger partial charge in [0.05, 0.1) is 17.9 Å². The molecule has 112 valence electrons. The molecule has 0 fully saturated rings. The van der Waals surface area contributed by atoms with E-state index >= 15 is 0 Å². The summed E-state index contributed by atoms with van der Waals surface area (Å²) in [5, 5.41) is 3.29. The van der Waals surface area contributed by atoms with Gasteiger partial charge in [-0.15, -0.1) is 0 Å². The first-order valence-electron chi connectivity index (χ1n) is 7.28. The van der Waals surface area contributed by atoms with Gasteiger partial charge in [0.25, 0.3) is 0 Å². The fourth-order valence-electron chi connectivity index (χ4n) is 2.38. The maximum Gasteiger partial charge on any atom is 0.177 e. The highest BCUT2D eigenvalue weighted by atomic mass is 15.2. The molecule has 1 aromatic carbocycles. The van der Waals surface area contributed by atoms with Crippen molar-refractivity contribution in [2.75, 3.05) is 5.32 Å². The van der Waals surface area contributed by atoms with Crippen molar-refractivity contribution in [3.63, 3.8) is 0 Å². The molecule has 1 N–H and O–H groups in total. The Bertz CT molecular complexity index is 932. The molecule has 0 amide bonds. The average Bonchev–Trinajstić information content (AvgIpc) is 3.05. The topological polar surface area (TPSA) is 68.5 Å². The third-order valence-electron chi connectivity index (χ3n) is 3.51. The van der Waals surface area contributed by atoms with E-state index in [1.165, 1.54) is 5.56 Å². The predicted octanol–water partition coefficient (Wildman–Crippen LogP) is 2.82. The molecule has 3 heterocycles. The minimum absolute atomic E-state index is 0.692. The van der Waals surface area contributed by atoms with Gasteiger partial charge in [-0.3, -0.25) is 9.55 Å². The van der Waals surface area contributed by atoms with Gasteiger partial charge >= 0.3 is 0 Å². The Morgan fingerprint density at radius 1 is 0.957 bits per heavy atom. The van der Waals surface area contributed by atoms with E-state index in [0.29, 0.717) is 18.0 Å². The Morgan fingerprint density at radius 2 is 1.87 bits per heavy atom. The van der Waals surface area contributed by atoms with Gasteiger partial charge in [0, 0.05) is 12.7 Å². The molecule has 4 aromatic rings. The maximum atomic E-state index is 4.60. The quantitative estimate of drug-likeness (QED) is 0.628. The van der Waals surface area contributed by atoms with Crippen LogP contribution in [0.4, 0.5) is 5.82 Å². The lowest BCUT2D eigenvalue weighted by molar-refractivity contribution is 0.983. The van der Waals surface area contributed by atoms with Crippen LogP contribution in [0.5, 0.6) is 0 Å². The van der Waals surface area contributed by atoms with E-state index in [4.69, 9.17) is 0 Å². The highest BCUT2D eigenvalue weighted by Crippen LogP contribution is 2.15. The number of nitrogens with one attached hydrogen (secondary N) is 1. The normalized spacial score (nSPS) is 10.8. The Hall–Kier alpha value is -3.28. The van der Waals surface area contributed by atoms with Crippen molar-refractivity contribution < 1.29 is 0 Å². The minimum Gasteiger partial charge on any atom is -0.365 e. The van der Waals surface area contributed by atoms with Gasteiger partial charge < -0.3 is 5.32 Å². The third kappa shape index (κ3) is 2.74. The number of anilines is 1. The van der Waals surface area contributed by atoms with Crippen LogP contribution in [0.2, 0.25) is 0 Å². The molecule has 4 rings (SSSR count). The number of benzene rings is 1. The van der Waals surface area contributed by atoms with Crippen LogP contribution in [-0.4, -0.2) is 24.5 Å². The molecule has 3 aromatic heterocycles. The van der Waals surface area contributed by atoms with Crippen molar-refractivity contribution in [2.45, 2.75) is 6.54 Å². The van der Waals surface area contributed by atoms with Gasteiger partial charge in [0.2, 0.25) is 0 Å². The summed E-state index contributed by atoms with van der Waals surface area (Å²) in [6, 6.07) is 14.0. The number of nitrogens with zero attached hydrogens (tertiary/aromatic N) is 5. The summed E-state index contributed by atoms with van der Waals surface area (Å²) in [6.07, 6.45) is 6.86. The molecular formula is C17H14N6. The number of hydrogen-bond acceptors (Lipinski definition) is 5. The Balaban J connectivity index is 1.61. The molecule has 23 heavy (non-hydrogen) atoms. The third-order valence-corrected chi connectivity index (χ3v) is 3.51. The van der Waals surface area contributed by atoms with Crippen LogP contribution in [0.15, 0.2) is 67.4 Å². The number of hydrogen-bond donors (Lipinski definition) is 1. The number of aromatic nitrogens is 5. The Labute approximate surface area is 132 Å². The largest absolute Gasteiger partial charge is 0.365 e. The predicted molar refractivity (Wildman–Crippen MR) is 88.2 cm³/mol. The summed E-state index contributed by atoms with van der Waals surface area (Å²) in [4.78, 5) is 17.4. The number of imidazole rings is 1. The van der Waals surface area contributed by atoms with Crippen molar-refractivity contribution >= 4 is 17.0 Å².